The first-order chi connectivity index (χ1) is 15.6. The summed E-state index contributed by atoms with van der Waals surface area (Å²) in [6.45, 7) is 0.673. The Kier molecular flexibility index (Phi) is 10.0. The average molecular weight is 446 g/mol. The fourth-order valence-corrected chi connectivity index (χ4v) is 4.77. The van der Waals surface area contributed by atoms with Crippen LogP contribution in [0.15, 0.2) is 42.5 Å². The summed E-state index contributed by atoms with van der Waals surface area (Å²) in [5, 5.41) is 8.70. The molecule has 4 atom stereocenters. The summed E-state index contributed by atoms with van der Waals surface area (Å²) in [5.41, 5.74) is 3.29. The van der Waals surface area contributed by atoms with Gasteiger partial charge in [0.05, 0.1) is 25.4 Å². The minimum absolute atomic E-state index is 0.226. The van der Waals surface area contributed by atoms with Crippen LogP contribution in [0.2, 0.25) is 0 Å². The van der Waals surface area contributed by atoms with E-state index in [0.717, 1.165) is 50.5 Å². The molecule has 0 saturated carbocycles. The minimum atomic E-state index is -0.735. The second-order valence-corrected chi connectivity index (χ2v) is 8.62. The first-order valence-electron chi connectivity index (χ1n) is 11.7. The van der Waals surface area contributed by atoms with Crippen molar-refractivity contribution in [2.45, 2.75) is 76.6 Å². The topological polar surface area (TPSA) is 94.1 Å². The van der Waals surface area contributed by atoms with E-state index in [1.54, 1.807) is 0 Å². The molecule has 2 saturated heterocycles. The van der Waals surface area contributed by atoms with Gasteiger partial charge in [-0.15, -0.1) is 0 Å². The van der Waals surface area contributed by atoms with Crippen LogP contribution in [0.3, 0.4) is 0 Å². The standard InChI is InChI=1S/C25H35NO6/c27-24(28)14-7-2-1-6-12-20-21(23-16-15-22(20)32-23)13-8-9-17-30-25(29)26-31-18-19-10-4-3-5-11-19/h1,3-6,10-11,20-23H,2,7-9,12-18H2,(H,26,29)(H,27,28)/b6-1-/t20-,21+,22-,23+/m1/s1. The lowest BCUT2D eigenvalue weighted by Crippen LogP contribution is -2.27. The van der Waals surface area contributed by atoms with Gasteiger partial charge in [-0.3, -0.25) is 9.63 Å². The Labute approximate surface area is 190 Å². The molecule has 2 bridgehead atoms. The van der Waals surface area contributed by atoms with Gasteiger partial charge in [-0.05, 0) is 68.8 Å². The van der Waals surface area contributed by atoms with Crippen LogP contribution in [-0.4, -0.2) is 36.0 Å². The molecule has 1 amide bonds. The maximum absolute atomic E-state index is 11.7. The number of aliphatic carboxylic acids is 1. The van der Waals surface area contributed by atoms with E-state index in [1.165, 1.54) is 0 Å². The molecule has 0 aliphatic carbocycles. The molecule has 2 N–H and O–H groups in total. The van der Waals surface area contributed by atoms with E-state index in [4.69, 9.17) is 19.4 Å². The Bertz CT molecular complexity index is 737. The lowest BCUT2D eigenvalue weighted by atomic mass is 9.75. The van der Waals surface area contributed by atoms with Crippen molar-refractivity contribution in [2.75, 3.05) is 6.61 Å². The lowest BCUT2D eigenvalue weighted by Gasteiger charge is -2.27. The van der Waals surface area contributed by atoms with Crippen LogP contribution in [0, 0.1) is 11.8 Å². The van der Waals surface area contributed by atoms with E-state index in [0.29, 0.717) is 43.7 Å². The number of hydrogen-bond acceptors (Lipinski definition) is 5. The molecule has 2 aliphatic rings. The normalized spacial score (nSPS) is 24.1. The van der Waals surface area contributed by atoms with Gasteiger partial charge in [0.25, 0.3) is 0 Å². The fourth-order valence-electron chi connectivity index (χ4n) is 4.77. The number of ether oxygens (including phenoxy) is 2. The molecule has 7 heteroatoms. The molecular weight excluding hydrogens is 410 g/mol. The van der Waals surface area contributed by atoms with Gasteiger partial charge in [-0.25, -0.2) is 4.79 Å². The maximum atomic E-state index is 11.7. The molecule has 2 heterocycles. The van der Waals surface area contributed by atoms with Crippen molar-refractivity contribution in [2.24, 2.45) is 11.8 Å². The summed E-state index contributed by atoms with van der Waals surface area (Å²) in [6.07, 6.45) is 12.4. The second-order valence-electron chi connectivity index (χ2n) is 8.62. The molecule has 0 unspecified atom stereocenters. The smallest absolute Gasteiger partial charge is 0.431 e. The average Bonchev–Trinajstić information content (AvgIpc) is 3.38. The number of nitrogens with one attached hydrogen (secondary N) is 1. The van der Waals surface area contributed by atoms with Crippen LogP contribution < -0.4 is 5.48 Å². The third-order valence-corrected chi connectivity index (χ3v) is 6.33. The fraction of sp³-hybridized carbons (Fsp3) is 0.600. The molecule has 32 heavy (non-hydrogen) atoms. The van der Waals surface area contributed by atoms with Crippen molar-refractivity contribution in [3.63, 3.8) is 0 Å². The highest BCUT2D eigenvalue weighted by Crippen LogP contribution is 2.47. The molecule has 3 rings (SSSR count). The van der Waals surface area contributed by atoms with E-state index < -0.39 is 12.1 Å². The second kappa shape index (κ2) is 13.2. The van der Waals surface area contributed by atoms with Crippen molar-refractivity contribution >= 4 is 12.1 Å². The van der Waals surface area contributed by atoms with E-state index in [2.05, 4.69) is 17.6 Å². The summed E-state index contributed by atoms with van der Waals surface area (Å²) in [6, 6.07) is 9.62. The summed E-state index contributed by atoms with van der Waals surface area (Å²) in [5.74, 6) is 0.363. The van der Waals surface area contributed by atoms with Gasteiger partial charge in [-0.2, -0.15) is 5.48 Å². The van der Waals surface area contributed by atoms with Crippen LogP contribution in [0.5, 0.6) is 0 Å². The Morgan fingerprint density at radius 3 is 2.62 bits per heavy atom. The molecule has 0 radical (unpaired) electrons. The Hall–Kier alpha value is -2.38. The van der Waals surface area contributed by atoms with E-state index in [1.807, 2.05) is 30.3 Å². The number of rotatable bonds is 14. The highest BCUT2D eigenvalue weighted by molar-refractivity contribution is 5.66. The van der Waals surface area contributed by atoms with E-state index >= 15 is 0 Å². The third kappa shape index (κ3) is 7.95. The zero-order valence-corrected chi connectivity index (χ0v) is 18.6. The molecule has 0 aromatic heterocycles. The van der Waals surface area contributed by atoms with Crippen molar-refractivity contribution in [3.8, 4) is 0 Å². The molecule has 7 nitrogen and oxygen atoms in total. The van der Waals surface area contributed by atoms with Crippen molar-refractivity contribution in [1.82, 2.24) is 5.48 Å². The number of allylic oxidation sites excluding steroid dienone is 2. The van der Waals surface area contributed by atoms with Gasteiger partial charge < -0.3 is 14.6 Å². The van der Waals surface area contributed by atoms with Gasteiger partial charge in [0.1, 0.15) is 0 Å². The predicted molar refractivity (Wildman–Crippen MR) is 120 cm³/mol. The van der Waals surface area contributed by atoms with E-state index in [9.17, 15) is 9.59 Å². The van der Waals surface area contributed by atoms with Gasteiger partial charge >= 0.3 is 12.1 Å². The lowest BCUT2D eigenvalue weighted by molar-refractivity contribution is -0.137. The SMILES string of the molecule is O=C(O)CCC/C=C\C[C@@H]1[C@H](CCCCOC(=O)NOCc2ccccc2)[C@@H]2CC[C@H]1O2. The Morgan fingerprint density at radius 2 is 1.84 bits per heavy atom. The predicted octanol–water partition coefficient (Wildman–Crippen LogP) is 5.01. The number of amides is 1. The van der Waals surface area contributed by atoms with Crippen LogP contribution in [0.1, 0.15) is 63.4 Å². The molecule has 1 aromatic carbocycles. The zero-order valence-electron chi connectivity index (χ0n) is 18.6. The Balaban J connectivity index is 1.26. The summed E-state index contributed by atoms with van der Waals surface area (Å²) < 4.78 is 11.4. The number of carboxylic acid groups (broad SMARTS) is 1. The van der Waals surface area contributed by atoms with Crippen LogP contribution in [0.4, 0.5) is 4.79 Å². The van der Waals surface area contributed by atoms with Crippen molar-refractivity contribution < 1.29 is 29.0 Å². The third-order valence-electron chi connectivity index (χ3n) is 6.33. The van der Waals surface area contributed by atoms with Crippen LogP contribution in [-0.2, 0) is 25.7 Å². The Morgan fingerprint density at radius 1 is 1.06 bits per heavy atom. The molecular formula is C25H35NO6. The number of benzene rings is 1. The highest BCUT2D eigenvalue weighted by atomic mass is 16.7. The van der Waals surface area contributed by atoms with Crippen LogP contribution >= 0.6 is 0 Å². The largest absolute Gasteiger partial charge is 0.481 e. The first kappa shape index (κ1) is 24.3. The van der Waals surface area contributed by atoms with Gasteiger partial charge in [0.2, 0.25) is 0 Å². The number of carboxylic acids is 1. The summed E-state index contributed by atoms with van der Waals surface area (Å²) in [7, 11) is 0. The first-order valence-corrected chi connectivity index (χ1v) is 11.7. The number of carbonyl (C=O) groups excluding carboxylic acids is 1. The number of hydrogen-bond donors (Lipinski definition) is 2. The minimum Gasteiger partial charge on any atom is -0.481 e. The number of hydroxylamine groups is 1. The molecule has 2 fully saturated rings. The number of carbonyl (C=O) groups is 2. The highest BCUT2D eigenvalue weighted by Gasteiger charge is 2.47. The van der Waals surface area contributed by atoms with E-state index in [-0.39, 0.29) is 6.42 Å². The molecule has 176 valence electrons. The molecule has 2 aliphatic heterocycles. The van der Waals surface area contributed by atoms with Gasteiger partial charge in [-0.1, -0.05) is 42.5 Å². The van der Waals surface area contributed by atoms with Crippen molar-refractivity contribution in [1.29, 1.82) is 0 Å². The van der Waals surface area contributed by atoms with Crippen molar-refractivity contribution in [3.05, 3.63) is 48.0 Å². The van der Waals surface area contributed by atoms with Gasteiger partial charge in [0, 0.05) is 6.42 Å². The summed E-state index contributed by atoms with van der Waals surface area (Å²) in [4.78, 5) is 27.5. The zero-order chi connectivity index (χ0) is 22.6. The molecule has 1 aromatic rings. The number of unbranched alkanes of at least 4 members (excludes halogenated alkanes) is 2. The summed E-state index contributed by atoms with van der Waals surface area (Å²) >= 11 is 0. The molecule has 0 spiro atoms. The maximum Gasteiger partial charge on any atom is 0.431 e. The van der Waals surface area contributed by atoms with Crippen LogP contribution in [0.25, 0.3) is 0 Å². The monoisotopic (exact) mass is 445 g/mol. The number of fused-ring (bicyclic) bond motifs is 2. The quantitative estimate of drug-likeness (QED) is 0.237. The van der Waals surface area contributed by atoms with Gasteiger partial charge in [0.15, 0.2) is 0 Å².